The van der Waals surface area contributed by atoms with Crippen LogP contribution in [0.3, 0.4) is 0 Å². The smallest absolute Gasteiger partial charge is 0.261 e. The molecule has 1 N–H and O–H groups in total. The number of aryl methyl sites for hydroxylation is 1. The largest absolute Gasteiger partial charge is 0.497 e. The van der Waals surface area contributed by atoms with Crippen molar-refractivity contribution >= 4 is 11.8 Å². The first-order chi connectivity index (χ1) is 14.0. The van der Waals surface area contributed by atoms with Crippen LogP contribution in [-0.2, 0) is 16.1 Å². The fraction of sp³-hybridized carbons (Fsp3) is 0.391. The van der Waals surface area contributed by atoms with Gasteiger partial charge in [0.05, 0.1) is 7.11 Å². The van der Waals surface area contributed by atoms with Gasteiger partial charge in [-0.05, 0) is 50.1 Å². The zero-order valence-electron chi connectivity index (χ0n) is 17.6. The Kier molecular flexibility index (Phi) is 8.52. The second kappa shape index (κ2) is 11.1. The third kappa shape index (κ3) is 6.52. The molecule has 2 aromatic rings. The molecule has 0 aliphatic rings. The van der Waals surface area contributed by atoms with Crippen molar-refractivity contribution in [3.8, 4) is 11.5 Å². The first kappa shape index (κ1) is 22.3. The number of hydrogen-bond acceptors (Lipinski definition) is 4. The molecule has 0 radical (unpaired) electrons. The van der Waals surface area contributed by atoms with E-state index < -0.39 is 6.04 Å². The molecule has 0 bridgehead atoms. The standard InChI is InChI=1S/C23H30N2O4/c1-5-21(23(27)24-6-2)25(15-18-8-7-9-20(14-18)28-4)22(26)16-29-19-12-10-17(3)11-13-19/h7-14,21H,5-6,15-16H2,1-4H3,(H,24,27). The van der Waals surface area contributed by atoms with Crippen LogP contribution in [0, 0.1) is 6.92 Å². The molecule has 0 aliphatic heterocycles. The van der Waals surface area contributed by atoms with Gasteiger partial charge >= 0.3 is 0 Å². The number of methoxy groups -OCH3 is 1. The summed E-state index contributed by atoms with van der Waals surface area (Å²) in [6, 6.07) is 14.4. The third-order valence-corrected chi connectivity index (χ3v) is 4.61. The molecule has 6 nitrogen and oxygen atoms in total. The van der Waals surface area contributed by atoms with E-state index in [0.29, 0.717) is 31.0 Å². The Morgan fingerprint density at radius 2 is 1.79 bits per heavy atom. The predicted octanol–water partition coefficient (Wildman–Crippen LogP) is 3.33. The summed E-state index contributed by atoms with van der Waals surface area (Å²) in [6.45, 7) is 6.41. The molecule has 2 amide bonds. The van der Waals surface area contributed by atoms with Gasteiger partial charge in [-0.25, -0.2) is 0 Å². The number of nitrogens with one attached hydrogen (secondary N) is 1. The number of hydrogen-bond donors (Lipinski definition) is 1. The number of carbonyl (C=O) groups is 2. The SMILES string of the molecule is CCNC(=O)C(CC)N(Cc1cccc(OC)c1)C(=O)COc1ccc(C)cc1. The lowest BCUT2D eigenvalue weighted by molar-refractivity contribution is -0.142. The summed E-state index contributed by atoms with van der Waals surface area (Å²) in [5.41, 5.74) is 2.00. The summed E-state index contributed by atoms with van der Waals surface area (Å²) < 4.78 is 11.0. The first-order valence-electron chi connectivity index (χ1n) is 9.88. The maximum atomic E-state index is 13.0. The Balaban J connectivity index is 2.20. The van der Waals surface area contributed by atoms with Crippen molar-refractivity contribution in [1.29, 1.82) is 0 Å². The predicted molar refractivity (Wildman–Crippen MR) is 113 cm³/mol. The van der Waals surface area contributed by atoms with Crippen molar-refractivity contribution in [3.63, 3.8) is 0 Å². The van der Waals surface area contributed by atoms with Gasteiger partial charge in [-0.2, -0.15) is 0 Å². The topological polar surface area (TPSA) is 67.9 Å². The average molecular weight is 399 g/mol. The van der Waals surface area contributed by atoms with Crippen LogP contribution in [0.25, 0.3) is 0 Å². The zero-order valence-corrected chi connectivity index (χ0v) is 17.6. The van der Waals surface area contributed by atoms with Crippen LogP contribution in [0.15, 0.2) is 48.5 Å². The van der Waals surface area contributed by atoms with Gasteiger partial charge in [0.25, 0.3) is 5.91 Å². The number of rotatable bonds is 10. The molecule has 0 aromatic heterocycles. The molecule has 6 heteroatoms. The highest BCUT2D eigenvalue weighted by Gasteiger charge is 2.28. The summed E-state index contributed by atoms with van der Waals surface area (Å²) in [5, 5.41) is 2.82. The van der Waals surface area contributed by atoms with Crippen LogP contribution in [0.4, 0.5) is 0 Å². The summed E-state index contributed by atoms with van der Waals surface area (Å²) in [5.74, 6) is 0.918. The van der Waals surface area contributed by atoms with Gasteiger partial charge in [-0.3, -0.25) is 9.59 Å². The van der Waals surface area contributed by atoms with Gasteiger partial charge in [-0.1, -0.05) is 36.8 Å². The first-order valence-corrected chi connectivity index (χ1v) is 9.88. The van der Waals surface area contributed by atoms with Gasteiger partial charge in [0.1, 0.15) is 17.5 Å². The second-order valence-electron chi connectivity index (χ2n) is 6.79. The van der Waals surface area contributed by atoms with Gasteiger partial charge in [0.2, 0.25) is 5.91 Å². The highest BCUT2D eigenvalue weighted by atomic mass is 16.5. The normalized spacial score (nSPS) is 11.4. The van der Waals surface area contributed by atoms with Gasteiger partial charge in [0.15, 0.2) is 6.61 Å². The molecule has 0 aliphatic carbocycles. The molecule has 0 fully saturated rings. The molecule has 1 atom stereocenters. The van der Waals surface area contributed by atoms with Gasteiger partial charge in [0, 0.05) is 13.1 Å². The van der Waals surface area contributed by atoms with E-state index in [1.807, 2.05) is 69.3 Å². The average Bonchev–Trinajstić information content (AvgIpc) is 2.73. The summed E-state index contributed by atoms with van der Waals surface area (Å²) >= 11 is 0. The molecule has 0 spiro atoms. The highest BCUT2D eigenvalue weighted by Crippen LogP contribution is 2.18. The summed E-state index contributed by atoms with van der Waals surface area (Å²) in [4.78, 5) is 27.2. The van der Waals surface area contributed by atoms with Crippen LogP contribution in [0.2, 0.25) is 0 Å². The number of amides is 2. The summed E-state index contributed by atoms with van der Waals surface area (Å²) in [6.07, 6.45) is 0.506. The van der Waals surface area contributed by atoms with Crippen molar-refractivity contribution in [3.05, 3.63) is 59.7 Å². The van der Waals surface area contributed by atoms with Crippen LogP contribution < -0.4 is 14.8 Å². The zero-order chi connectivity index (χ0) is 21.2. The molecule has 2 rings (SSSR count). The Labute approximate surface area is 172 Å². The minimum atomic E-state index is -0.574. The monoisotopic (exact) mass is 398 g/mol. The fourth-order valence-corrected chi connectivity index (χ4v) is 3.04. The number of benzene rings is 2. The van der Waals surface area contributed by atoms with Crippen molar-refractivity contribution in [1.82, 2.24) is 10.2 Å². The Hall–Kier alpha value is -3.02. The maximum Gasteiger partial charge on any atom is 0.261 e. The summed E-state index contributed by atoms with van der Waals surface area (Å²) in [7, 11) is 1.60. The lowest BCUT2D eigenvalue weighted by atomic mass is 10.1. The van der Waals surface area contributed by atoms with E-state index in [2.05, 4.69) is 5.32 Å². The van der Waals surface area contributed by atoms with E-state index in [9.17, 15) is 9.59 Å². The van der Waals surface area contributed by atoms with E-state index in [0.717, 1.165) is 11.1 Å². The van der Waals surface area contributed by atoms with E-state index in [1.165, 1.54) is 0 Å². The van der Waals surface area contributed by atoms with Crippen molar-refractivity contribution in [2.75, 3.05) is 20.3 Å². The third-order valence-electron chi connectivity index (χ3n) is 4.61. The van der Waals surface area contributed by atoms with Gasteiger partial charge < -0.3 is 19.7 Å². The minimum absolute atomic E-state index is 0.136. The number of carbonyl (C=O) groups excluding carboxylic acids is 2. The van der Waals surface area contributed by atoms with E-state index in [-0.39, 0.29) is 18.4 Å². The maximum absolute atomic E-state index is 13.0. The van der Waals surface area contributed by atoms with Crippen LogP contribution in [-0.4, -0.2) is 43.0 Å². The molecule has 29 heavy (non-hydrogen) atoms. The lowest BCUT2D eigenvalue weighted by Gasteiger charge is -2.30. The van der Waals surface area contributed by atoms with Crippen molar-refractivity contribution in [2.45, 2.75) is 39.8 Å². The van der Waals surface area contributed by atoms with Crippen LogP contribution in [0.1, 0.15) is 31.4 Å². The fourth-order valence-electron chi connectivity index (χ4n) is 3.04. The molecule has 0 heterocycles. The molecular weight excluding hydrogens is 368 g/mol. The minimum Gasteiger partial charge on any atom is -0.497 e. The van der Waals surface area contributed by atoms with Crippen LogP contribution in [0.5, 0.6) is 11.5 Å². The molecular formula is C23H30N2O4. The quantitative estimate of drug-likeness (QED) is 0.667. The molecule has 156 valence electrons. The van der Waals surface area contributed by atoms with E-state index in [1.54, 1.807) is 12.0 Å². The van der Waals surface area contributed by atoms with E-state index in [4.69, 9.17) is 9.47 Å². The Morgan fingerprint density at radius 3 is 2.41 bits per heavy atom. The van der Waals surface area contributed by atoms with Crippen molar-refractivity contribution < 1.29 is 19.1 Å². The second-order valence-corrected chi connectivity index (χ2v) is 6.79. The highest BCUT2D eigenvalue weighted by molar-refractivity contribution is 5.88. The van der Waals surface area contributed by atoms with Gasteiger partial charge in [-0.15, -0.1) is 0 Å². The molecule has 2 aromatic carbocycles. The number of ether oxygens (including phenoxy) is 2. The lowest BCUT2D eigenvalue weighted by Crippen LogP contribution is -2.50. The van der Waals surface area contributed by atoms with Crippen molar-refractivity contribution in [2.24, 2.45) is 0 Å². The number of nitrogens with zero attached hydrogens (tertiary/aromatic N) is 1. The van der Waals surface area contributed by atoms with Crippen LogP contribution >= 0.6 is 0 Å². The molecule has 0 saturated heterocycles. The molecule has 0 saturated carbocycles. The molecule has 1 unspecified atom stereocenters. The van der Waals surface area contributed by atoms with E-state index >= 15 is 0 Å². The number of likely N-dealkylation sites (N-methyl/N-ethyl adjacent to an activating group) is 1. The Bertz CT molecular complexity index is 805. The Morgan fingerprint density at radius 1 is 1.07 bits per heavy atom.